The van der Waals surface area contributed by atoms with Crippen LogP contribution in [0.3, 0.4) is 0 Å². The summed E-state index contributed by atoms with van der Waals surface area (Å²) in [7, 11) is 4.24. The second-order valence-corrected chi connectivity index (χ2v) is 12.9. The molecule has 0 aromatic heterocycles. The van der Waals surface area contributed by atoms with Gasteiger partial charge in [0.15, 0.2) is 0 Å². The fourth-order valence-electron chi connectivity index (χ4n) is 7.16. The quantitative estimate of drug-likeness (QED) is 0.389. The first-order valence-corrected chi connectivity index (χ1v) is 14.7. The van der Waals surface area contributed by atoms with Crippen molar-refractivity contribution in [3.05, 3.63) is 0 Å². The average molecular weight is 465 g/mol. The van der Waals surface area contributed by atoms with Crippen molar-refractivity contribution >= 4 is 23.7 Å². The van der Waals surface area contributed by atoms with E-state index in [4.69, 9.17) is 7.85 Å². The molecule has 182 valence electrons. The summed E-state index contributed by atoms with van der Waals surface area (Å²) in [6.45, 7) is 5.67. The van der Waals surface area contributed by atoms with Gasteiger partial charge in [-0.15, -0.1) is 0 Å². The van der Waals surface area contributed by atoms with Gasteiger partial charge in [-0.3, -0.25) is 4.79 Å². The van der Waals surface area contributed by atoms with Crippen LogP contribution in [-0.2, 0) is 14.8 Å². The Labute approximate surface area is 198 Å². The molecule has 7 atom stereocenters. The van der Waals surface area contributed by atoms with Crippen LogP contribution in [0.25, 0.3) is 0 Å². The number of ketones is 1. The maximum absolute atomic E-state index is 14.1. The number of rotatable bonds is 10. The Kier molecular flexibility index (Phi) is 9.70. The maximum atomic E-state index is 14.1. The molecule has 1 aliphatic heterocycles. The molecule has 2 radical (unpaired) electrons. The number of hydrogen-bond donors (Lipinski definition) is 1. The zero-order valence-corrected chi connectivity index (χ0v) is 21.4. The predicted molar refractivity (Wildman–Crippen MR) is 132 cm³/mol. The molecule has 0 bridgehead atoms. The normalized spacial score (nSPS) is 35.4. The van der Waals surface area contributed by atoms with Gasteiger partial charge in [-0.2, -0.15) is 4.31 Å². The van der Waals surface area contributed by atoms with Crippen LogP contribution in [0.1, 0.15) is 84.5 Å². The largest absolute Gasteiger partial charge is 0.319 e. The van der Waals surface area contributed by atoms with Crippen LogP contribution in [0.15, 0.2) is 0 Å². The van der Waals surface area contributed by atoms with Crippen LogP contribution in [0.5, 0.6) is 0 Å². The van der Waals surface area contributed by atoms with E-state index in [-0.39, 0.29) is 34.8 Å². The number of fused-ring (bicyclic) bond motifs is 1. The molecule has 0 aromatic carbocycles. The zero-order valence-electron chi connectivity index (χ0n) is 20.6. The number of carbonyl (C=O) groups excluding carboxylic acids is 1. The maximum Gasteiger partial charge on any atom is 0.217 e. The minimum atomic E-state index is -3.43. The third-order valence-corrected chi connectivity index (χ3v) is 11.4. The van der Waals surface area contributed by atoms with Crippen molar-refractivity contribution in [2.45, 2.75) is 102 Å². The van der Waals surface area contributed by atoms with E-state index >= 15 is 0 Å². The smallest absolute Gasteiger partial charge is 0.217 e. The molecule has 32 heavy (non-hydrogen) atoms. The van der Waals surface area contributed by atoms with Gasteiger partial charge in [0.1, 0.15) is 5.78 Å². The van der Waals surface area contributed by atoms with Crippen molar-refractivity contribution in [1.29, 1.82) is 0 Å². The average Bonchev–Trinajstić information content (AvgIpc) is 2.77. The Balaban J connectivity index is 1.77. The number of Topliss-reactive ketones (excluding diaryl/α,β-unsaturated/α-hetero) is 1. The standard InChI is InChI=1S/C25H45BN2O3S/c1-18-9-7-12-22-23(29)14-16-28(25(18)22)32(30,31)24-13-8-11-21(19(24)2)20(17-27-3)10-5-4-6-15-26/h18-22,24-25,27H,4-17H2,1-3H3. The molecule has 1 heterocycles. The highest BCUT2D eigenvalue weighted by molar-refractivity contribution is 7.89. The van der Waals surface area contributed by atoms with E-state index in [2.05, 4.69) is 19.2 Å². The van der Waals surface area contributed by atoms with Gasteiger partial charge in [-0.05, 0) is 69.4 Å². The fraction of sp³-hybridized carbons (Fsp3) is 0.960. The summed E-state index contributed by atoms with van der Waals surface area (Å²) >= 11 is 0. The summed E-state index contributed by atoms with van der Waals surface area (Å²) < 4.78 is 29.9. The molecule has 3 rings (SSSR count). The Morgan fingerprint density at radius 1 is 1.09 bits per heavy atom. The first-order chi connectivity index (χ1) is 15.3. The molecule has 7 unspecified atom stereocenters. The molecule has 3 fully saturated rings. The van der Waals surface area contributed by atoms with Crippen molar-refractivity contribution in [3.8, 4) is 0 Å². The molecule has 5 nitrogen and oxygen atoms in total. The second-order valence-electron chi connectivity index (χ2n) is 10.8. The first-order valence-electron chi connectivity index (χ1n) is 13.2. The summed E-state index contributed by atoms with van der Waals surface area (Å²) in [4.78, 5) is 12.6. The van der Waals surface area contributed by atoms with Gasteiger partial charge >= 0.3 is 0 Å². The van der Waals surface area contributed by atoms with Crippen molar-refractivity contribution < 1.29 is 13.2 Å². The van der Waals surface area contributed by atoms with Gasteiger partial charge in [-0.1, -0.05) is 52.3 Å². The Morgan fingerprint density at radius 3 is 2.56 bits per heavy atom. The van der Waals surface area contributed by atoms with Crippen LogP contribution in [0, 0.1) is 29.6 Å². The van der Waals surface area contributed by atoms with Crippen molar-refractivity contribution in [1.82, 2.24) is 9.62 Å². The minimum absolute atomic E-state index is 0.0865. The number of sulfonamides is 1. The van der Waals surface area contributed by atoms with Gasteiger partial charge < -0.3 is 5.32 Å². The minimum Gasteiger partial charge on any atom is -0.319 e. The summed E-state index contributed by atoms with van der Waals surface area (Å²) in [5, 5.41) is 3.06. The van der Waals surface area contributed by atoms with E-state index in [0.29, 0.717) is 24.8 Å². The first kappa shape index (κ1) is 26.2. The van der Waals surface area contributed by atoms with E-state index in [9.17, 15) is 13.2 Å². The Morgan fingerprint density at radius 2 is 1.84 bits per heavy atom. The topological polar surface area (TPSA) is 66.5 Å². The van der Waals surface area contributed by atoms with Crippen LogP contribution in [-0.4, -0.2) is 57.8 Å². The highest BCUT2D eigenvalue weighted by Crippen LogP contribution is 2.44. The zero-order chi connectivity index (χ0) is 23.3. The molecular formula is C25H45BN2O3S. The third kappa shape index (κ3) is 5.63. The molecule has 0 amide bonds. The number of nitrogens with one attached hydrogen (secondary N) is 1. The molecule has 2 aliphatic carbocycles. The highest BCUT2D eigenvalue weighted by atomic mass is 32.2. The van der Waals surface area contributed by atoms with Crippen LogP contribution in [0.4, 0.5) is 0 Å². The van der Waals surface area contributed by atoms with Gasteiger partial charge in [0, 0.05) is 24.9 Å². The molecule has 1 saturated heterocycles. The Bertz CT molecular complexity index is 716. The van der Waals surface area contributed by atoms with Crippen molar-refractivity contribution in [3.63, 3.8) is 0 Å². The lowest BCUT2D eigenvalue weighted by molar-refractivity contribution is -0.129. The number of carbonyl (C=O) groups is 1. The van der Waals surface area contributed by atoms with Crippen LogP contribution >= 0.6 is 0 Å². The predicted octanol–water partition coefficient (Wildman–Crippen LogP) is 4.18. The van der Waals surface area contributed by atoms with Crippen LogP contribution < -0.4 is 5.32 Å². The van der Waals surface area contributed by atoms with Gasteiger partial charge in [0.05, 0.1) is 13.1 Å². The number of nitrogens with zero attached hydrogens (tertiary/aromatic N) is 1. The molecular weight excluding hydrogens is 419 g/mol. The number of unbranched alkanes of at least 4 members (excludes halogenated alkanes) is 2. The lowest BCUT2D eigenvalue weighted by Gasteiger charge is -2.48. The van der Waals surface area contributed by atoms with Gasteiger partial charge in [-0.25, -0.2) is 8.42 Å². The van der Waals surface area contributed by atoms with Crippen LogP contribution in [0.2, 0.25) is 6.32 Å². The van der Waals surface area contributed by atoms with Gasteiger partial charge in [0.25, 0.3) is 0 Å². The number of piperidine rings is 1. The molecule has 1 N–H and O–H groups in total. The van der Waals surface area contributed by atoms with E-state index in [0.717, 1.165) is 70.7 Å². The van der Waals surface area contributed by atoms with Gasteiger partial charge in [0.2, 0.25) is 10.0 Å². The summed E-state index contributed by atoms with van der Waals surface area (Å²) in [6.07, 6.45) is 11.5. The monoisotopic (exact) mass is 464 g/mol. The molecule has 2 saturated carbocycles. The van der Waals surface area contributed by atoms with Crippen molar-refractivity contribution in [2.75, 3.05) is 20.1 Å². The molecule has 7 heteroatoms. The molecule has 3 aliphatic rings. The summed E-state index contributed by atoms with van der Waals surface area (Å²) in [5.41, 5.74) is 0. The van der Waals surface area contributed by atoms with E-state index in [1.54, 1.807) is 4.31 Å². The molecule has 0 aromatic rings. The number of hydrogen-bond acceptors (Lipinski definition) is 4. The summed E-state index contributed by atoms with van der Waals surface area (Å²) in [6, 6.07) is -0.119. The Hall–Kier alpha value is -0.395. The fourth-order valence-corrected chi connectivity index (χ4v) is 9.75. The summed E-state index contributed by atoms with van der Waals surface area (Å²) in [5.74, 6) is 1.55. The third-order valence-electron chi connectivity index (χ3n) is 8.84. The van der Waals surface area contributed by atoms with E-state index in [1.165, 1.54) is 6.42 Å². The lowest BCUT2D eigenvalue weighted by Crippen LogP contribution is -2.59. The highest BCUT2D eigenvalue weighted by Gasteiger charge is 2.50. The SMILES string of the molecule is [B]CCCCCC(CNC)C1CCCC(S(=O)(=O)N2CCC(=O)C3CCCC(C)C32)C1C. The second kappa shape index (κ2) is 11.8. The lowest BCUT2D eigenvalue weighted by atomic mass is 9.71. The van der Waals surface area contributed by atoms with Crippen molar-refractivity contribution in [2.24, 2.45) is 29.6 Å². The van der Waals surface area contributed by atoms with E-state index in [1.807, 2.05) is 7.05 Å². The van der Waals surface area contributed by atoms with E-state index < -0.39 is 10.0 Å². The molecule has 0 spiro atoms.